The first kappa shape index (κ1) is 22.9. The number of nitrogens with zero attached hydrogens (tertiary/aromatic N) is 4. The molecule has 0 aliphatic carbocycles. The fourth-order valence-corrected chi connectivity index (χ4v) is 4.69. The van der Waals surface area contributed by atoms with Crippen LogP contribution in [0.15, 0.2) is 58.4 Å². The average molecular weight is 446 g/mol. The average Bonchev–Trinajstić information content (AvgIpc) is 2.80. The topological polar surface area (TPSA) is 77.5 Å². The highest BCUT2D eigenvalue weighted by Crippen LogP contribution is 2.21. The smallest absolute Gasteiger partial charge is 0.242 e. The summed E-state index contributed by atoms with van der Waals surface area (Å²) in [6.07, 6.45) is 0. The molecule has 2 aromatic carbocycles. The normalized spacial score (nSPS) is 15.3. The summed E-state index contributed by atoms with van der Waals surface area (Å²) >= 11 is 0. The lowest BCUT2D eigenvalue weighted by Gasteiger charge is -2.37. The van der Waals surface area contributed by atoms with Gasteiger partial charge in [-0.15, -0.1) is 0 Å². The third-order valence-electron chi connectivity index (χ3n) is 5.40. The molecular formula is C22H31N5O3S. The molecule has 0 radical (unpaired) electrons. The van der Waals surface area contributed by atoms with Crippen molar-refractivity contribution in [2.45, 2.75) is 11.4 Å². The summed E-state index contributed by atoms with van der Waals surface area (Å²) in [6, 6.07) is 15.2. The van der Waals surface area contributed by atoms with Gasteiger partial charge < -0.3 is 19.9 Å². The Kier molecular flexibility index (Phi) is 7.40. The number of sulfonamides is 1. The van der Waals surface area contributed by atoms with Crippen LogP contribution < -0.4 is 15.0 Å². The van der Waals surface area contributed by atoms with Crippen molar-refractivity contribution in [3.63, 3.8) is 0 Å². The van der Waals surface area contributed by atoms with E-state index in [0.717, 1.165) is 37.9 Å². The standard InChI is InChI=1S/C22H31N5O3S/c1-23-22(24-17-18-7-5-6-8-21(18)31(28,29)25(2)3)27-15-13-26(14-16-27)19-9-11-20(30-4)12-10-19/h5-12H,13-17H2,1-4H3,(H,23,24). The predicted octanol–water partition coefficient (Wildman–Crippen LogP) is 1.84. The molecule has 168 valence electrons. The molecule has 0 unspecified atom stereocenters. The van der Waals surface area contributed by atoms with Gasteiger partial charge in [-0.2, -0.15) is 0 Å². The van der Waals surface area contributed by atoms with Crippen molar-refractivity contribution >= 4 is 21.7 Å². The maximum atomic E-state index is 12.6. The van der Waals surface area contributed by atoms with E-state index in [1.165, 1.54) is 9.99 Å². The maximum absolute atomic E-state index is 12.6. The lowest BCUT2D eigenvalue weighted by molar-refractivity contribution is 0.372. The Morgan fingerprint density at radius 2 is 1.71 bits per heavy atom. The molecule has 0 aromatic heterocycles. The Hall–Kier alpha value is -2.78. The van der Waals surface area contributed by atoms with Gasteiger partial charge in [0.1, 0.15) is 5.75 Å². The molecule has 0 saturated carbocycles. The van der Waals surface area contributed by atoms with Crippen LogP contribution in [0, 0.1) is 0 Å². The third kappa shape index (κ3) is 5.29. The van der Waals surface area contributed by atoms with Crippen LogP contribution in [0.1, 0.15) is 5.56 Å². The monoisotopic (exact) mass is 445 g/mol. The molecule has 0 atom stereocenters. The number of methoxy groups -OCH3 is 1. The minimum absolute atomic E-state index is 0.312. The lowest BCUT2D eigenvalue weighted by atomic mass is 10.2. The van der Waals surface area contributed by atoms with Crippen molar-refractivity contribution < 1.29 is 13.2 Å². The molecule has 8 nitrogen and oxygen atoms in total. The zero-order valence-corrected chi connectivity index (χ0v) is 19.4. The summed E-state index contributed by atoms with van der Waals surface area (Å²) in [5.41, 5.74) is 1.89. The van der Waals surface area contributed by atoms with Crippen LogP contribution in [0.2, 0.25) is 0 Å². The molecule has 1 heterocycles. The number of rotatable bonds is 6. The van der Waals surface area contributed by atoms with Crippen LogP contribution in [0.4, 0.5) is 5.69 Å². The summed E-state index contributed by atoms with van der Waals surface area (Å²) < 4.78 is 31.7. The fourth-order valence-electron chi connectivity index (χ4n) is 3.57. The minimum Gasteiger partial charge on any atom is -0.497 e. The Morgan fingerprint density at radius 3 is 2.29 bits per heavy atom. The van der Waals surface area contributed by atoms with Gasteiger partial charge in [-0.25, -0.2) is 12.7 Å². The van der Waals surface area contributed by atoms with E-state index in [4.69, 9.17) is 4.74 Å². The number of benzene rings is 2. The SMILES string of the molecule is CN=C(NCc1ccccc1S(=O)(=O)N(C)C)N1CCN(c2ccc(OC)cc2)CC1. The Bertz CT molecular complexity index is 998. The maximum Gasteiger partial charge on any atom is 0.242 e. The minimum atomic E-state index is -3.51. The first-order valence-corrected chi connectivity index (χ1v) is 11.7. The summed E-state index contributed by atoms with van der Waals surface area (Å²) in [6.45, 7) is 3.78. The van der Waals surface area contributed by atoms with Gasteiger partial charge in [0.2, 0.25) is 10.0 Å². The molecule has 1 aliphatic heterocycles. The quantitative estimate of drug-likeness (QED) is 0.540. The van der Waals surface area contributed by atoms with E-state index in [1.54, 1.807) is 40.4 Å². The second-order valence-electron chi connectivity index (χ2n) is 7.47. The second-order valence-corrected chi connectivity index (χ2v) is 9.59. The number of nitrogens with one attached hydrogen (secondary N) is 1. The highest BCUT2D eigenvalue weighted by atomic mass is 32.2. The Balaban J connectivity index is 1.62. The Labute approximate surface area is 185 Å². The first-order chi connectivity index (χ1) is 14.9. The van der Waals surface area contributed by atoms with E-state index in [2.05, 4.69) is 32.2 Å². The molecule has 0 spiro atoms. The lowest BCUT2D eigenvalue weighted by Crippen LogP contribution is -2.52. The highest BCUT2D eigenvalue weighted by molar-refractivity contribution is 7.89. The van der Waals surface area contributed by atoms with E-state index in [-0.39, 0.29) is 0 Å². The van der Waals surface area contributed by atoms with Gasteiger partial charge in [0.15, 0.2) is 5.96 Å². The van der Waals surface area contributed by atoms with Crippen molar-refractivity contribution in [3.8, 4) is 5.75 Å². The molecule has 1 N–H and O–H groups in total. The van der Waals surface area contributed by atoms with Gasteiger partial charge in [-0.1, -0.05) is 18.2 Å². The van der Waals surface area contributed by atoms with Gasteiger partial charge in [-0.05, 0) is 35.9 Å². The molecular weight excluding hydrogens is 414 g/mol. The Morgan fingerprint density at radius 1 is 1.06 bits per heavy atom. The molecule has 1 fully saturated rings. The van der Waals surface area contributed by atoms with Gasteiger partial charge in [0.05, 0.1) is 12.0 Å². The molecule has 3 rings (SSSR count). The van der Waals surface area contributed by atoms with E-state index in [1.807, 2.05) is 24.3 Å². The molecule has 31 heavy (non-hydrogen) atoms. The number of ether oxygens (including phenoxy) is 1. The molecule has 0 bridgehead atoms. The summed E-state index contributed by atoms with van der Waals surface area (Å²) in [5, 5.41) is 3.33. The number of anilines is 1. The van der Waals surface area contributed by atoms with Gasteiger partial charge in [0, 0.05) is 59.6 Å². The van der Waals surface area contributed by atoms with Gasteiger partial charge in [0.25, 0.3) is 0 Å². The summed E-state index contributed by atoms with van der Waals surface area (Å²) in [5.74, 6) is 1.62. The van der Waals surface area contributed by atoms with E-state index >= 15 is 0 Å². The van der Waals surface area contributed by atoms with Crippen LogP contribution in [0.25, 0.3) is 0 Å². The predicted molar refractivity (Wildman–Crippen MR) is 124 cm³/mol. The largest absolute Gasteiger partial charge is 0.497 e. The van der Waals surface area contributed by atoms with E-state index < -0.39 is 10.0 Å². The molecule has 1 saturated heterocycles. The van der Waals surface area contributed by atoms with Crippen molar-refractivity contribution in [2.75, 3.05) is 59.3 Å². The van der Waals surface area contributed by atoms with Crippen LogP contribution in [-0.4, -0.2) is 78.0 Å². The number of hydrogen-bond donors (Lipinski definition) is 1. The van der Waals surface area contributed by atoms with Crippen molar-refractivity contribution in [3.05, 3.63) is 54.1 Å². The molecule has 9 heteroatoms. The fraction of sp³-hybridized carbons (Fsp3) is 0.409. The van der Waals surface area contributed by atoms with E-state index in [9.17, 15) is 8.42 Å². The van der Waals surface area contributed by atoms with Gasteiger partial charge >= 0.3 is 0 Å². The van der Waals surface area contributed by atoms with Crippen molar-refractivity contribution in [1.29, 1.82) is 0 Å². The number of guanidine groups is 1. The molecule has 2 aromatic rings. The van der Waals surface area contributed by atoms with Crippen LogP contribution in [0.5, 0.6) is 5.75 Å². The zero-order chi connectivity index (χ0) is 22.4. The molecule has 1 aliphatic rings. The van der Waals surface area contributed by atoms with Crippen molar-refractivity contribution in [1.82, 2.24) is 14.5 Å². The number of hydrogen-bond acceptors (Lipinski definition) is 5. The number of piperazine rings is 1. The zero-order valence-electron chi connectivity index (χ0n) is 18.6. The van der Waals surface area contributed by atoms with Gasteiger partial charge in [-0.3, -0.25) is 4.99 Å². The first-order valence-electron chi connectivity index (χ1n) is 10.2. The van der Waals surface area contributed by atoms with Crippen molar-refractivity contribution in [2.24, 2.45) is 4.99 Å². The van der Waals surface area contributed by atoms with E-state index in [0.29, 0.717) is 17.0 Å². The van der Waals surface area contributed by atoms with Crippen LogP contribution in [0.3, 0.4) is 0 Å². The van der Waals surface area contributed by atoms with Crippen LogP contribution in [-0.2, 0) is 16.6 Å². The summed E-state index contributed by atoms with van der Waals surface area (Å²) in [4.78, 5) is 9.26. The second kappa shape index (κ2) is 10.0. The highest BCUT2D eigenvalue weighted by Gasteiger charge is 2.23. The molecule has 0 amide bonds. The van der Waals surface area contributed by atoms with Crippen LogP contribution >= 0.6 is 0 Å². The third-order valence-corrected chi connectivity index (χ3v) is 7.31. The summed E-state index contributed by atoms with van der Waals surface area (Å²) in [7, 11) is 3.00. The number of aliphatic imine (C=N–C) groups is 1.